The molecule has 0 heterocycles. The van der Waals surface area contributed by atoms with Gasteiger partial charge in [0.25, 0.3) is 0 Å². The number of carbonyl (C=O) groups is 1. The summed E-state index contributed by atoms with van der Waals surface area (Å²) in [5.41, 5.74) is 3.32. The Bertz CT molecular complexity index is 683. The van der Waals surface area contributed by atoms with Crippen molar-refractivity contribution in [1.82, 2.24) is 10.6 Å². The van der Waals surface area contributed by atoms with Crippen LogP contribution in [0, 0.1) is 0 Å². The lowest BCUT2D eigenvalue weighted by atomic mass is 10.1. The molecule has 0 spiro atoms. The standard InChI is InChI=1S/C19H24N4O/c1-3-15-9-7-8-10-16(15)13-21-19(20-2)22-14-18(24)23-17-11-5-4-6-12-17/h4-12H,3,13-14H2,1-2H3,(H,23,24)(H2,20,21,22). The van der Waals surface area contributed by atoms with Crippen LogP contribution in [0.15, 0.2) is 59.6 Å². The second kappa shape index (κ2) is 9.35. The molecule has 24 heavy (non-hydrogen) atoms. The number of guanidine groups is 1. The molecule has 0 aliphatic carbocycles. The molecule has 0 aromatic heterocycles. The number of aryl methyl sites for hydroxylation is 1. The Kier molecular flexibility index (Phi) is 6.83. The van der Waals surface area contributed by atoms with Gasteiger partial charge in [0.15, 0.2) is 5.96 Å². The van der Waals surface area contributed by atoms with Crippen LogP contribution in [0.4, 0.5) is 5.69 Å². The second-order valence-corrected chi connectivity index (χ2v) is 5.32. The third-order valence-electron chi connectivity index (χ3n) is 3.64. The molecule has 0 radical (unpaired) electrons. The molecule has 0 saturated carbocycles. The maximum Gasteiger partial charge on any atom is 0.243 e. The molecule has 2 aromatic rings. The summed E-state index contributed by atoms with van der Waals surface area (Å²) in [6.07, 6.45) is 0.989. The Morgan fingerprint density at radius 2 is 1.62 bits per heavy atom. The van der Waals surface area contributed by atoms with Gasteiger partial charge in [0.1, 0.15) is 0 Å². The maximum atomic E-state index is 12.0. The van der Waals surface area contributed by atoms with Gasteiger partial charge in [0.2, 0.25) is 5.91 Å². The highest BCUT2D eigenvalue weighted by Crippen LogP contribution is 2.08. The molecule has 2 aromatic carbocycles. The molecule has 0 bridgehead atoms. The number of rotatable bonds is 6. The van der Waals surface area contributed by atoms with Crippen molar-refractivity contribution in [1.29, 1.82) is 0 Å². The van der Waals surface area contributed by atoms with E-state index in [-0.39, 0.29) is 12.5 Å². The Morgan fingerprint density at radius 3 is 2.29 bits per heavy atom. The SMILES string of the molecule is CCc1ccccc1CNC(=NC)NCC(=O)Nc1ccccc1. The number of para-hydroxylation sites is 1. The first-order valence-electron chi connectivity index (χ1n) is 8.09. The van der Waals surface area contributed by atoms with Gasteiger partial charge in [0, 0.05) is 19.3 Å². The lowest BCUT2D eigenvalue weighted by Crippen LogP contribution is -2.41. The molecule has 5 nitrogen and oxygen atoms in total. The van der Waals surface area contributed by atoms with Crippen LogP contribution in [-0.4, -0.2) is 25.5 Å². The predicted molar refractivity (Wildman–Crippen MR) is 99.1 cm³/mol. The van der Waals surface area contributed by atoms with Gasteiger partial charge < -0.3 is 16.0 Å². The van der Waals surface area contributed by atoms with Gasteiger partial charge in [-0.2, -0.15) is 0 Å². The minimum atomic E-state index is -0.113. The molecule has 0 saturated heterocycles. The summed E-state index contributed by atoms with van der Waals surface area (Å²) in [5, 5.41) is 9.09. The second-order valence-electron chi connectivity index (χ2n) is 5.32. The van der Waals surface area contributed by atoms with Crippen LogP contribution in [0.5, 0.6) is 0 Å². The van der Waals surface area contributed by atoms with Crippen LogP contribution in [0.25, 0.3) is 0 Å². The van der Waals surface area contributed by atoms with Gasteiger partial charge in [-0.15, -0.1) is 0 Å². The zero-order valence-corrected chi connectivity index (χ0v) is 14.2. The summed E-state index contributed by atoms with van der Waals surface area (Å²) >= 11 is 0. The molecular weight excluding hydrogens is 300 g/mol. The highest BCUT2D eigenvalue weighted by Gasteiger charge is 2.05. The Labute approximate surface area is 143 Å². The first-order chi connectivity index (χ1) is 11.7. The lowest BCUT2D eigenvalue weighted by Gasteiger charge is -2.13. The molecule has 1 amide bonds. The van der Waals surface area contributed by atoms with Crippen molar-refractivity contribution in [2.75, 3.05) is 18.9 Å². The maximum absolute atomic E-state index is 12.0. The monoisotopic (exact) mass is 324 g/mol. The van der Waals surface area contributed by atoms with Gasteiger partial charge in [-0.25, -0.2) is 0 Å². The van der Waals surface area contributed by atoms with Crippen LogP contribution in [-0.2, 0) is 17.8 Å². The summed E-state index contributed by atoms with van der Waals surface area (Å²) in [4.78, 5) is 16.1. The number of anilines is 1. The number of hydrogen-bond acceptors (Lipinski definition) is 2. The van der Waals surface area contributed by atoms with Crippen molar-refractivity contribution >= 4 is 17.6 Å². The third-order valence-corrected chi connectivity index (χ3v) is 3.64. The number of hydrogen-bond donors (Lipinski definition) is 3. The quantitative estimate of drug-likeness (QED) is 0.565. The lowest BCUT2D eigenvalue weighted by molar-refractivity contribution is -0.115. The third kappa shape index (κ3) is 5.43. The highest BCUT2D eigenvalue weighted by molar-refractivity contribution is 5.94. The molecule has 0 fully saturated rings. The molecule has 0 aliphatic heterocycles. The summed E-state index contributed by atoms with van der Waals surface area (Å²) in [5.74, 6) is 0.488. The molecule has 0 atom stereocenters. The van der Waals surface area contributed by atoms with Crippen molar-refractivity contribution in [2.24, 2.45) is 4.99 Å². The van der Waals surface area contributed by atoms with Crippen molar-refractivity contribution in [3.63, 3.8) is 0 Å². The van der Waals surface area contributed by atoms with E-state index in [1.54, 1.807) is 7.05 Å². The molecule has 126 valence electrons. The average molecular weight is 324 g/mol. The number of nitrogens with zero attached hydrogens (tertiary/aromatic N) is 1. The van der Waals surface area contributed by atoms with Crippen molar-refractivity contribution in [3.8, 4) is 0 Å². The van der Waals surface area contributed by atoms with E-state index in [4.69, 9.17) is 0 Å². The van der Waals surface area contributed by atoms with E-state index in [0.29, 0.717) is 12.5 Å². The van der Waals surface area contributed by atoms with E-state index in [0.717, 1.165) is 12.1 Å². The van der Waals surface area contributed by atoms with Gasteiger partial charge in [0.05, 0.1) is 6.54 Å². The molecule has 2 rings (SSSR count). The number of benzene rings is 2. The Morgan fingerprint density at radius 1 is 0.958 bits per heavy atom. The van der Waals surface area contributed by atoms with Crippen LogP contribution < -0.4 is 16.0 Å². The van der Waals surface area contributed by atoms with E-state index in [9.17, 15) is 4.79 Å². The van der Waals surface area contributed by atoms with Crippen LogP contribution in [0.1, 0.15) is 18.1 Å². The Balaban J connectivity index is 1.81. The van der Waals surface area contributed by atoms with Gasteiger partial charge in [-0.3, -0.25) is 9.79 Å². The largest absolute Gasteiger partial charge is 0.352 e. The highest BCUT2D eigenvalue weighted by atomic mass is 16.1. The molecule has 0 aliphatic rings. The first kappa shape index (κ1) is 17.5. The number of carbonyl (C=O) groups excluding carboxylic acids is 1. The van der Waals surface area contributed by atoms with Gasteiger partial charge in [-0.05, 0) is 29.7 Å². The Hall–Kier alpha value is -2.82. The van der Waals surface area contributed by atoms with Crippen LogP contribution in [0.2, 0.25) is 0 Å². The van der Waals surface area contributed by atoms with E-state index < -0.39 is 0 Å². The predicted octanol–water partition coefficient (Wildman–Crippen LogP) is 2.55. The van der Waals surface area contributed by atoms with Crippen LogP contribution >= 0.6 is 0 Å². The minimum Gasteiger partial charge on any atom is -0.352 e. The smallest absolute Gasteiger partial charge is 0.243 e. The van der Waals surface area contributed by atoms with E-state index in [1.807, 2.05) is 42.5 Å². The molecule has 5 heteroatoms. The fourth-order valence-corrected chi connectivity index (χ4v) is 2.37. The molecule has 3 N–H and O–H groups in total. The first-order valence-corrected chi connectivity index (χ1v) is 8.09. The van der Waals surface area contributed by atoms with Crippen molar-refractivity contribution in [3.05, 3.63) is 65.7 Å². The number of nitrogens with one attached hydrogen (secondary N) is 3. The van der Waals surface area contributed by atoms with Crippen LogP contribution in [0.3, 0.4) is 0 Å². The van der Waals surface area contributed by atoms with Crippen molar-refractivity contribution in [2.45, 2.75) is 19.9 Å². The normalized spacial score (nSPS) is 11.0. The average Bonchev–Trinajstić information content (AvgIpc) is 2.63. The fraction of sp³-hybridized carbons (Fsp3) is 0.263. The minimum absolute atomic E-state index is 0.113. The van der Waals surface area contributed by atoms with Gasteiger partial charge >= 0.3 is 0 Å². The zero-order chi connectivity index (χ0) is 17.2. The zero-order valence-electron chi connectivity index (χ0n) is 14.2. The van der Waals surface area contributed by atoms with Crippen molar-refractivity contribution < 1.29 is 4.79 Å². The van der Waals surface area contributed by atoms with Gasteiger partial charge in [-0.1, -0.05) is 49.4 Å². The summed E-state index contributed by atoms with van der Waals surface area (Å²) in [6, 6.07) is 17.7. The topological polar surface area (TPSA) is 65.5 Å². The van der Waals surface area contributed by atoms with E-state index in [2.05, 4.69) is 40.0 Å². The fourth-order valence-electron chi connectivity index (χ4n) is 2.37. The summed E-state index contributed by atoms with van der Waals surface area (Å²) in [6.45, 7) is 2.97. The summed E-state index contributed by atoms with van der Waals surface area (Å²) in [7, 11) is 1.69. The number of aliphatic imine (C=N–C) groups is 1. The molecule has 0 unspecified atom stereocenters. The summed E-state index contributed by atoms with van der Waals surface area (Å²) < 4.78 is 0. The van der Waals surface area contributed by atoms with E-state index >= 15 is 0 Å². The number of amides is 1. The molecular formula is C19H24N4O. The van der Waals surface area contributed by atoms with E-state index in [1.165, 1.54) is 11.1 Å².